The first kappa shape index (κ1) is 13.4. The normalized spacial score (nSPS) is 10.1. The van der Waals surface area contributed by atoms with Gasteiger partial charge < -0.3 is 9.84 Å². The number of nitrogens with zero attached hydrogens (tertiary/aromatic N) is 3. The Bertz CT molecular complexity index is 687. The number of non-ortho nitro benzene ring substituents is 1. The number of aryl methyl sites for hydroxylation is 1. The van der Waals surface area contributed by atoms with Crippen LogP contribution in [0, 0.1) is 17.0 Å². The van der Waals surface area contributed by atoms with Gasteiger partial charge in [0.05, 0.1) is 11.0 Å². The molecule has 0 aliphatic heterocycles. The Morgan fingerprint density at radius 2 is 2.10 bits per heavy atom. The minimum atomic E-state index is -1.21. The molecule has 2 rings (SSSR count). The third kappa shape index (κ3) is 3.05. The molecular weight excluding hydrogens is 266 g/mol. The number of carboxylic acids is 1. The van der Waals surface area contributed by atoms with Gasteiger partial charge in [-0.1, -0.05) is 6.07 Å². The maximum Gasteiger partial charge on any atom is 0.354 e. The van der Waals surface area contributed by atoms with Gasteiger partial charge in [-0.3, -0.25) is 10.1 Å². The number of hydrogen-bond donors (Lipinski definition) is 1. The van der Waals surface area contributed by atoms with E-state index in [1.807, 2.05) is 0 Å². The highest BCUT2D eigenvalue weighted by Gasteiger charge is 2.12. The highest BCUT2D eigenvalue weighted by atomic mass is 16.6. The second-order valence-corrected chi connectivity index (χ2v) is 3.84. The Balaban J connectivity index is 2.32. The molecule has 0 aliphatic carbocycles. The molecule has 1 aromatic heterocycles. The fourth-order valence-electron chi connectivity index (χ4n) is 1.46. The van der Waals surface area contributed by atoms with Crippen molar-refractivity contribution in [1.29, 1.82) is 0 Å². The van der Waals surface area contributed by atoms with Gasteiger partial charge in [0.15, 0.2) is 5.69 Å². The summed E-state index contributed by atoms with van der Waals surface area (Å²) in [5, 5.41) is 19.5. The molecule has 0 aliphatic rings. The first-order valence-electron chi connectivity index (χ1n) is 5.47. The first-order chi connectivity index (χ1) is 9.45. The molecule has 0 spiro atoms. The summed E-state index contributed by atoms with van der Waals surface area (Å²) in [6.45, 7) is 1.59. The Hall–Kier alpha value is -3.03. The number of ether oxygens (including phenoxy) is 1. The van der Waals surface area contributed by atoms with Crippen LogP contribution in [-0.4, -0.2) is 26.0 Å². The van der Waals surface area contributed by atoms with Crippen molar-refractivity contribution < 1.29 is 19.6 Å². The SMILES string of the molecule is Cc1cc(C(=O)O)nc(Oc2cccc([N+](=O)[O-])c2)n1. The van der Waals surface area contributed by atoms with Crippen molar-refractivity contribution in [2.75, 3.05) is 0 Å². The molecule has 0 saturated heterocycles. The van der Waals surface area contributed by atoms with Crippen LogP contribution in [0.25, 0.3) is 0 Å². The van der Waals surface area contributed by atoms with Crippen LogP contribution in [0.3, 0.4) is 0 Å². The Kier molecular flexibility index (Phi) is 3.56. The van der Waals surface area contributed by atoms with Gasteiger partial charge in [0, 0.05) is 11.8 Å². The van der Waals surface area contributed by atoms with Crippen LogP contribution in [0.2, 0.25) is 0 Å². The summed E-state index contributed by atoms with van der Waals surface area (Å²) in [6, 6.07) is 6.56. The highest BCUT2D eigenvalue weighted by Crippen LogP contribution is 2.23. The van der Waals surface area contributed by atoms with Gasteiger partial charge in [0.25, 0.3) is 5.69 Å². The summed E-state index contributed by atoms with van der Waals surface area (Å²) < 4.78 is 5.25. The lowest BCUT2D eigenvalue weighted by atomic mass is 10.3. The molecule has 20 heavy (non-hydrogen) atoms. The summed E-state index contributed by atoms with van der Waals surface area (Å²) in [7, 11) is 0. The van der Waals surface area contributed by atoms with Crippen molar-refractivity contribution in [3.63, 3.8) is 0 Å². The van der Waals surface area contributed by atoms with Crippen molar-refractivity contribution >= 4 is 11.7 Å². The second kappa shape index (κ2) is 5.31. The molecule has 0 atom stereocenters. The van der Waals surface area contributed by atoms with E-state index in [2.05, 4.69) is 9.97 Å². The molecule has 0 unspecified atom stereocenters. The quantitative estimate of drug-likeness (QED) is 0.671. The van der Waals surface area contributed by atoms with E-state index < -0.39 is 10.9 Å². The number of carbonyl (C=O) groups is 1. The molecule has 1 N–H and O–H groups in total. The van der Waals surface area contributed by atoms with Crippen molar-refractivity contribution in [2.24, 2.45) is 0 Å². The molecule has 0 fully saturated rings. The molecule has 0 bridgehead atoms. The molecule has 0 saturated carbocycles. The lowest BCUT2D eigenvalue weighted by Gasteiger charge is -2.05. The van der Waals surface area contributed by atoms with Gasteiger partial charge in [-0.25, -0.2) is 9.78 Å². The largest absolute Gasteiger partial charge is 0.477 e. The standard InChI is InChI=1S/C12H9N3O5/c1-7-5-10(11(16)17)14-12(13-7)20-9-4-2-3-8(6-9)15(18)19/h2-6H,1H3,(H,16,17). The molecule has 2 aromatic rings. The zero-order valence-corrected chi connectivity index (χ0v) is 10.3. The van der Waals surface area contributed by atoms with E-state index in [1.54, 1.807) is 6.92 Å². The van der Waals surface area contributed by atoms with Gasteiger partial charge in [0.1, 0.15) is 5.75 Å². The van der Waals surface area contributed by atoms with E-state index >= 15 is 0 Å². The van der Waals surface area contributed by atoms with Gasteiger partial charge in [-0.15, -0.1) is 0 Å². The number of nitro groups is 1. The summed E-state index contributed by atoms with van der Waals surface area (Å²) in [5.74, 6) is -1.06. The van der Waals surface area contributed by atoms with Crippen molar-refractivity contribution in [1.82, 2.24) is 9.97 Å². The minimum Gasteiger partial charge on any atom is -0.477 e. The molecule has 8 nitrogen and oxygen atoms in total. The lowest BCUT2D eigenvalue weighted by molar-refractivity contribution is -0.384. The zero-order chi connectivity index (χ0) is 14.7. The molecule has 8 heteroatoms. The van der Waals surface area contributed by atoms with Gasteiger partial charge >= 0.3 is 12.0 Å². The van der Waals surface area contributed by atoms with Crippen LogP contribution in [0.5, 0.6) is 11.8 Å². The third-order valence-corrected chi connectivity index (χ3v) is 2.29. The number of aromatic nitrogens is 2. The number of benzene rings is 1. The fraction of sp³-hybridized carbons (Fsp3) is 0.0833. The number of hydrogen-bond acceptors (Lipinski definition) is 6. The van der Waals surface area contributed by atoms with Crippen LogP contribution < -0.4 is 4.74 Å². The highest BCUT2D eigenvalue weighted by molar-refractivity contribution is 5.85. The fourth-order valence-corrected chi connectivity index (χ4v) is 1.46. The van der Waals surface area contributed by atoms with E-state index in [9.17, 15) is 14.9 Å². The summed E-state index contributed by atoms with van der Waals surface area (Å²) >= 11 is 0. The maximum absolute atomic E-state index is 10.9. The van der Waals surface area contributed by atoms with E-state index in [1.165, 1.54) is 30.3 Å². The van der Waals surface area contributed by atoms with Crippen molar-refractivity contribution in [3.8, 4) is 11.8 Å². The third-order valence-electron chi connectivity index (χ3n) is 2.29. The van der Waals surface area contributed by atoms with Crippen LogP contribution in [0.1, 0.15) is 16.2 Å². The molecule has 102 valence electrons. The van der Waals surface area contributed by atoms with Crippen LogP contribution >= 0.6 is 0 Å². The van der Waals surface area contributed by atoms with E-state index in [0.29, 0.717) is 5.69 Å². The molecule has 0 amide bonds. The monoisotopic (exact) mass is 275 g/mol. The molecule has 0 radical (unpaired) electrons. The molecule has 1 aromatic carbocycles. The number of aromatic carboxylic acids is 1. The van der Waals surface area contributed by atoms with Gasteiger partial charge in [0.2, 0.25) is 0 Å². The maximum atomic E-state index is 10.9. The molecular formula is C12H9N3O5. The summed E-state index contributed by atoms with van der Waals surface area (Å²) in [4.78, 5) is 28.6. The van der Waals surface area contributed by atoms with Gasteiger partial charge in [-0.05, 0) is 19.1 Å². The minimum absolute atomic E-state index is 0.145. The Labute approximate surface area is 112 Å². The number of nitro benzene ring substituents is 1. The number of carboxylic acid groups (broad SMARTS) is 1. The van der Waals surface area contributed by atoms with Crippen molar-refractivity contribution in [2.45, 2.75) is 6.92 Å². The van der Waals surface area contributed by atoms with E-state index in [0.717, 1.165) is 0 Å². The smallest absolute Gasteiger partial charge is 0.354 e. The molecule has 1 heterocycles. The Morgan fingerprint density at radius 1 is 1.35 bits per heavy atom. The number of rotatable bonds is 4. The summed E-state index contributed by atoms with van der Waals surface area (Å²) in [5.41, 5.74) is 0.0596. The van der Waals surface area contributed by atoms with Crippen molar-refractivity contribution in [3.05, 3.63) is 51.8 Å². The van der Waals surface area contributed by atoms with E-state index in [4.69, 9.17) is 9.84 Å². The topological polar surface area (TPSA) is 115 Å². The predicted molar refractivity (Wildman–Crippen MR) is 66.9 cm³/mol. The average molecular weight is 275 g/mol. The van der Waals surface area contributed by atoms with Gasteiger partial charge in [-0.2, -0.15) is 4.98 Å². The van der Waals surface area contributed by atoms with Crippen LogP contribution in [0.15, 0.2) is 30.3 Å². The van der Waals surface area contributed by atoms with Crippen LogP contribution in [0.4, 0.5) is 5.69 Å². The second-order valence-electron chi connectivity index (χ2n) is 3.84. The van der Waals surface area contributed by atoms with Crippen LogP contribution in [-0.2, 0) is 0 Å². The summed E-state index contributed by atoms with van der Waals surface area (Å²) in [6.07, 6.45) is 0. The Morgan fingerprint density at radius 3 is 2.75 bits per heavy atom. The first-order valence-corrected chi connectivity index (χ1v) is 5.47. The average Bonchev–Trinajstić information content (AvgIpc) is 2.38. The predicted octanol–water partition coefficient (Wildman–Crippen LogP) is 2.18. The zero-order valence-electron chi connectivity index (χ0n) is 10.3. The van der Waals surface area contributed by atoms with E-state index in [-0.39, 0.29) is 23.1 Å². The lowest BCUT2D eigenvalue weighted by Crippen LogP contribution is -2.04.